The summed E-state index contributed by atoms with van der Waals surface area (Å²) in [6.45, 7) is 3.10. The van der Waals surface area contributed by atoms with Gasteiger partial charge in [-0.2, -0.15) is 0 Å². The Hall–Kier alpha value is -1.12. The quantitative estimate of drug-likeness (QED) is 0.821. The second-order valence-corrected chi connectivity index (χ2v) is 4.11. The van der Waals surface area contributed by atoms with Gasteiger partial charge in [0.1, 0.15) is 6.10 Å². The van der Waals surface area contributed by atoms with Gasteiger partial charge in [-0.05, 0) is 29.7 Å². The molecular formula is C11H14NO3P. The Morgan fingerprint density at radius 1 is 1.62 bits per heavy atom. The lowest BCUT2D eigenvalue weighted by Gasteiger charge is -2.11. The molecule has 1 fully saturated rings. The second-order valence-electron chi connectivity index (χ2n) is 3.77. The van der Waals surface area contributed by atoms with E-state index in [-0.39, 0.29) is 12.2 Å². The lowest BCUT2D eigenvalue weighted by molar-refractivity contribution is 0.141. The summed E-state index contributed by atoms with van der Waals surface area (Å²) in [5.74, 6) is 0. The zero-order chi connectivity index (χ0) is 11.5. The van der Waals surface area contributed by atoms with Gasteiger partial charge in [-0.1, -0.05) is 12.1 Å². The summed E-state index contributed by atoms with van der Waals surface area (Å²) in [5.41, 5.74) is 3.28. The number of hydrogen-bond acceptors (Lipinski definition) is 3. The fourth-order valence-corrected chi connectivity index (χ4v) is 1.89. The van der Waals surface area contributed by atoms with Gasteiger partial charge < -0.3 is 14.6 Å². The van der Waals surface area contributed by atoms with E-state index in [4.69, 9.17) is 9.26 Å². The maximum Gasteiger partial charge on any atom is 0.407 e. The number of carbonyl (C=O) groups excluding carboxylic acids is 1. The molecule has 86 valence electrons. The molecule has 0 bridgehead atoms. The first-order valence-electron chi connectivity index (χ1n) is 5.06. The highest BCUT2D eigenvalue weighted by Gasteiger charge is 2.24. The Morgan fingerprint density at radius 2 is 2.44 bits per heavy atom. The summed E-state index contributed by atoms with van der Waals surface area (Å²) in [4.78, 5) is 10.9. The van der Waals surface area contributed by atoms with Crippen LogP contribution in [0.3, 0.4) is 0 Å². The zero-order valence-corrected chi connectivity index (χ0v) is 10.2. The average Bonchev–Trinajstić information content (AvgIpc) is 2.69. The number of amides is 1. The number of benzene rings is 1. The van der Waals surface area contributed by atoms with Crippen molar-refractivity contribution in [2.45, 2.75) is 19.6 Å². The molecule has 1 N–H and O–H groups in total. The van der Waals surface area contributed by atoms with Crippen molar-refractivity contribution in [3.05, 3.63) is 34.9 Å². The van der Waals surface area contributed by atoms with E-state index in [1.165, 1.54) is 5.56 Å². The van der Waals surface area contributed by atoms with E-state index in [2.05, 4.69) is 14.8 Å². The largest absolute Gasteiger partial charge is 0.439 e. The Labute approximate surface area is 96.6 Å². The van der Waals surface area contributed by atoms with Crippen molar-refractivity contribution in [2.24, 2.45) is 0 Å². The molecule has 1 heterocycles. The van der Waals surface area contributed by atoms with Gasteiger partial charge in [-0.3, -0.25) is 0 Å². The monoisotopic (exact) mass is 239 g/mol. The number of nitrogens with one attached hydrogen (secondary N) is 1. The molecule has 1 saturated heterocycles. The summed E-state index contributed by atoms with van der Waals surface area (Å²) in [5, 5.41) is 2.64. The van der Waals surface area contributed by atoms with Gasteiger partial charge in [-0.15, -0.1) is 0 Å². The third-order valence-corrected chi connectivity index (χ3v) is 2.83. The fourth-order valence-electron chi connectivity index (χ4n) is 1.71. The fraction of sp³-hybridized carbons (Fsp3) is 0.364. The number of rotatable bonds is 3. The molecule has 2 rings (SSSR count). The van der Waals surface area contributed by atoms with Crippen molar-refractivity contribution in [3.8, 4) is 0 Å². The van der Waals surface area contributed by atoms with E-state index < -0.39 is 0 Å². The maximum atomic E-state index is 10.9. The van der Waals surface area contributed by atoms with Crippen molar-refractivity contribution in [3.63, 3.8) is 0 Å². The molecule has 1 aliphatic rings. The molecule has 0 aliphatic carbocycles. The van der Waals surface area contributed by atoms with Crippen LogP contribution in [0.4, 0.5) is 4.79 Å². The Morgan fingerprint density at radius 3 is 3.06 bits per heavy atom. The highest BCUT2D eigenvalue weighted by molar-refractivity contribution is 7.09. The summed E-state index contributed by atoms with van der Waals surface area (Å²) in [7, 11) is 2.23. The molecule has 2 unspecified atom stereocenters. The first-order chi connectivity index (χ1) is 7.70. The summed E-state index contributed by atoms with van der Waals surface area (Å²) in [6.07, 6.45) is -0.536. The first-order valence-corrected chi connectivity index (χ1v) is 5.53. The van der Waals surface area contributed by atoms with Crippen molar-refractivity contribution in [1.29, 1.82) is 0 Å². The van der Waals surface area contributed by atoms with Crippen LogP contribution in [0.2, 0.25) is 0 Å². The highest BCUT2D eigenvalue weighted by atomic mass is 31.0. The van der Waals surface area contributed by atoms with Crippen LogP contribution in [-0.2, 0) is 15.9 Å². The minimum Gasteiger partial charge on any atom is -0.439 e. The minimum atomic E-state index is -0.352. The molecule has 0 saturated carbocycles. The molecule has 4 nitrogen and oxygen atoms in total. The number of cyclic esters (lactones) is 1. The molecule has 0 spiro atoms. The molecule has 0 aromatic heterocycles. The first kappa shape index (κ1) is 11.4. The second kappa shape index (κ2) is 4.81. The van der Waals surface area contributed by atoms with Gasteiger partial charge >= 0.3 is 6.09 Å². The van der Waals surface area contributed by atoms with Crippen LogP contribution >= 0.6 is 9.47 Å². The highest BCUT2D eigenvalue weighted by Crippen LogP contribution is 2.23. The lowest BCUT2D eigenvalue weighted by atomic mass is 10.0. The molecule has 0 radical (unpaired) electrons. The standard InChI is InChI=1S/C11H14NO3P/c1-7-2-3-8(4-9(7)6-14-16)10-5-12-11(13)15-10/h2-4,10H,5-6,16H2,1H3,(H,12,13). The lowest BCUT2D eigenvalue weighted by Crippen LogP contribution is -2.12. The molecule has 5 heteroatoms. The van der Waals surface area contributed by atoms with Crippen molar-refractivity contribution in [2.75, 3.05) is 6.54 Å². The SMILES string of the molecule is Cc1ccc(C2CNC(=O)O2)cc1COP. The Bertz CT molecular complexity index is 408. The smallest absolute Gasteiger partial charge is 0.407 e. The van der Waals surface area contributed by atoms with Crippen LogP contribution in [0.5, 0.6) is 0 Å². The van der Waals surface area contributed by atoms with Crippen LogP contribution < -0.4 is 5.32 Å². The van der Waals surface area contributed by atoms with Crippen LogP contribution in [0, 0.1) is 6.92 Å². The molecule has 2 atom stereocenters. The summed E-state index contributed by atoms with van der Waals surface area (Å²) in [6, 6.07) is 6.01. The van der Waals surface area contributed by atoms with E-state index >= 15 is 0 Å². The van der Waals surface area contributed by atoms with E-state index in [0.29, 0.717) is 13.2 Å². The molecule has 1 aromatic rings. The number of aryl methyl sites for hydroxylation is 1. The van der Waals surface area contributed by atoms with Crippen LogP contribution in [0.25, 0.3) is 0 Å². The molecule has 1 aromatic carbocycles. The maximum absolute atomic E-state index is 10.9. The van der Waals surface area contributed by atoms with Gasteiger partial charge in [0.05, 0.1) is 13.2 Å². The Kier molecular flexibility index (Phi) is 3.42. The summed E-state index contributed by atoms with van der Waals surface area (Å²) >= 11 is 0. The zero-order valence-electron chi connectivity index (χ0n) is 9.03. The summed E-state index contributed by atoms with van der Waals surface area (Å²) < 4.78 is 10.2. The minimum absolute atomic E-state index is 0.184. The van der Waals surface area contributed by atoms with Crippen LogP contribution in [-0.4, -0.2) is 12.6 Å². The van der Waals surface area contributed by atoms with E-state index in [1.807, 2.05) is 25.1 Å². The third-order valence-electron chi connectivity index (χ3n) is 2.66. The van der Waals surface area contributed by atoms with Crippen molar-refractivity contribution < 1.29 is 14.1 Å². The van der Waals surface area contributed by atoms with Crippen LogP contribution in [0.1, 0.15) is 22.8 Å². The number of carbonyl (C=O) groups is 1. The normalized spacial score (nSPS) is 19.4. The van der Waals surface area contributed by atoms with Gasteiger partial charge in [-0.25, -0.2) is 4.79 Å². The van der Waals surface area contributed by atoms with E-state index in [0.717, 1.165) is 11.1 Å². The van der Waals surface area contributed by atoms with Gasteiger partial charge in [0.15, 0.2) is 0 Å². The topological polar surface area (TPSA) is 47.6 Å². The predicted molar refractivity (Wildman–Crippen MR) is 62.9 cm³/mol. The van der Waals surface area contributed by atoms with Gasteiger partial charge in [0.2, 0.25) is 0 Å². The van der Waals surface area contributed by atoms with Gasteiger partial charge in [0.25, 0.3) is 0 Å². The molecular weight excluding hydrogens is 225 g/mol. The third kappa shape index (κ3) is 2.34. The van der Waals surface area contributed by atoms with Crippen molar-refractivity contribution in [1.82, 2.24) is 5.32 Å². The average molecular weight is 239 g/mol. The van der Waals surface area contributed by atoms with Crippen molar-refractivity contribution >= 4 is 15.6 Å². The molecule has 1 amide bonds. The Balaban J connectivity index is 2.21. The molecule has 16 heavy (non-hydrogen) atoms. The number of hydrogen-bond donors (Lipinski definition) is 1. The molecule has 1 aliphatic heterocycles. The van der Waals surface area contributed by atoms with Gasteiger partial charge in [0, 0.05) is 9.47 Å². The van der Waals surface area contributed by atoms with E-state index in [1.54, 1.807) is 0 Å². The van der Waals surface area contributed by atoms with Crippen LogP contribution in [0.15, 0.2) is 18.2 Å². The van der Waals surface area contributed by atoms with E-state index in [9.17, 15) is 4.79 Å². The predicted octanol–water partition coefficient (Wildman–Crippen LogP) is 2.08. The number of alkyl carbamates (subject to hydrolysis) is 1. The number of ether oxygens (including phenoxy) is 1.